The van der Waals surface area contributed by atoms with Gasteiger partial charge >= 0.3 is 5.97 Å². The van der Waals surface area contributed by atoms with Gasteiger partial charge in [0.25, 0.3) is 0 Å². The quantitative estimate of drug-likeness (QED) is 0.756. The fourth-order valence-electron chi connectivity index (χ4n) is 1.40. The summed E-state index contributed by atoms with van der Waals surface area (Å²) in [6.45, 7) is 0.960. The minimum Gasteiger partial charge on any atom is -0.481 e. The fraction of sp³-hybridized carbons (Fsp3) is 0.545. The van der Waals surface area contributed by atoms with Gasteiger partial charge in [0.15, 0.2) is 0 Å². The number of carboxylic acid groups (broad SMARTS) is 1. The molecule has 1 heterocycles. The summed E-state index contributed by atoms with van der Waals surface area (Å²) in [7, 11) is 1.62. The minimum absolute atomic E-state index is 0.0125. The molecule has 0 bridgehead atoms. The monoisotopic (exact) mass is 239 g/mol. The van der Waals surface area contributed by atoms with Crippen LogP contribution in [0, 0.1) is 0 Å². The lowest BCUT2D eigenvalue weighted by Gasteiger charge is -2.15. The molecule has 0 aliphatic heterocycles. The van der Waals surface area contributed by atoms with Gasteiger partial charge in [0.2, 0.25) is 5.91 Å². The summed E-state index contributed by atoms with van der Waals surface area (Å²) in [6.07, 6.45) is 4.65. The van der Waals surface area contributed by atoms with Crippen molar-refractivity contribution < 1.29 is 14.7 Å². The second kappa shape index (κ2) is 6.67. The molecule has 6 nitrogen and oxygen atoms in total. The standard InChI is InChI=1S/C11H17N3O3/c1-13(9-5-11(16)17)10(15)4-2-7-14-8-3-6-12-14/h3,6,8H,2,4-5,7,9H2,1H3,(H,16,17). The van der Waals surface area contributed by atoms with Crippen molar-refractivity contribution in [1.29, 1.82) is 0 Å². The van der Waals surface area contributed by atoms with Gasteiger partial charge in [-0.15, -0.1) is 0 Å². The first kappa shape index (κ1) is 13.2. The molecule has 1 aromatic heterocycles. The van der Waals surface area contributed by atoms with Gasteiger partial charge in [-0.05, 0) is 12.5 Å². The van der Waals surface area contributed by atoms with E-state index in [-0.39, 0.29) is 18.9 Å². The number of aromatic nitrogens is 2. The molecule has 0 atom stereocenters. The van der Waals surface area contributed by atoms with Gasteiger partial charge in [0.1, 0.15) is 0 Å². The maximum Gasteiger partial charge on any atom is 0.305 e. The first-order valence-electron chi connectivity index (χ1n) is 5.53. The molecule has 0 saturated heterocycles. The van der Waals surface area contributed by atoms with Crippen LogP contribution in [-0.2, 0) is 16.1 Å². The Labute approximate surface area is 99.8 Å². The molecule has 1 amide bonds. The Morgan fingerprint density at radius 3 is 2.76 bits per heavy atom. The molecule has 6 heteroatoms. The number of nitrogens with zero attached hydrogens (tertiary/aromatic N) is 3. The van der Waals surface area contributed by atoms with Crippen LogP contribution in [0.25, 0.3) is 0 Å². The van der Waals surface area contributed by atoms with E-state index in [0.29, 0.717) is 19.4 Å². The lowest BCUT2D eigenvalue weighted by atomic mass is 10.2. The van der Waals surface area contributed by atoms with E-state index in [0.717, 1.165) is 0 Å². The van der Waals surface area contributed by atoms with Crippen molar-refractivity contribution in [3.8, 4) is 0 Å². The predicted molar refractivity (Wildman–Crippen MR) is 61.4 cm³/mol. The third-order valence-electron chi connectivity index (χ3n) is 2.42. The van der Waals surface area contributed by atoms with Gasteiger partial charge in [0.05, 0.1) is 6.42 Å². The molecule has 0 saturated carbocycles. The fourth-order valence-corrected chi connectivity index (χ4v) is 1.40. The van der Waals surface area contributed by atoms with E-state index in [2.05, 4.69) is 5.10 Å². The second-order valence-electron chi connectivity index (χ2n) is 3.83. The number of aryl methyl sites for hydroxylation is 1. The maximum absolute atomic E-state index is 11.6. The first-order chi connectivity index (χ1) is 8.09. The van der Waals surface area contributed by atoms with E-state index < -0.39 is 5.97 Å². The summed E-state index contributed by atoms with van der Waals surface area (Å²) in [5, 5.41) is 12.5. The average molecular weight is 239 g/mol. The van der Waals surface area contributed by atoms with E-state index in [1.54, 1.807) is 17.9 Å². The molecule has 1 rings (SSSR count). The van der Waals surface area contributed by atoms with Crippen LogP contribution in [0.2, 0.25) is 0 Å². The van der Waals surface area contributed by atoms with Crippen LogP contribution in [0.1, 0.15) is 19.3 Å². The van der Waals surface area contributed by atoms with Crippen LogP contribution < -0.4 is 0 Å². The Hall–Kier alpha value is -1.85. The third-order valence-corrected chi connectivity index (χ3v) is 2.42. The van der Waals surface area contributed by atoms with Crippen molar-refractivity contribution >= 4 is 11.9 Å². The van der Waals surface area contributed by atoms with Crippen molar-refractivity contribution in [2.45, 2.75) is 25.8 Å². The molecule has 0 aromatic carbocycles. The second-order valence-corrected chi connectivity index (χ2v) is 3.83. The Bertz CT molecular complexity index is 362. The van der Waals surface area contributed by atoms with Crippen LogP contribution in [0.15, 0.2) is 18.5 Å². The molecule has 17 heavy (non-hydrogen) atoms. The van der Waals surface area contributed by atoms with Crippen LogP contribution in [0.3, 0.4) is 0 Å². The highest BCUT2D eigenvalue weighted by atomic mass is 16.4. The molecule has 1 aromatic rings. The minimum atomic E-state index is -0.888. The van der Waals surface area contributed by atoms with Gasteiger partial charge in [-0.1, -0.05) is 0 Å². The lowest BCUT2D eigenvalue weighted by molar-refractivity contribution is -0.138. The highest BCUT2D eigenvalue weighted by molar-refractivity contribution is 5.76. The zero-order valence-corrected chi connectivity index (χ0v) is 9.87. The summed E-state index contributed by atoms with van der Waals surface area (Å²) in [5.41, 5.74) is 0. The SMILES string of the molecule is CN(CCC(=O)O)C(=O)CCCn1cccn1. The zero-order chi connectivity index (χ0) is 12.7. The molecule has 0 unspecified atom stereocenters. The maximum atomic E-state index is 11.6. The predicted octanol–water partition coefficient (Wildman–Crippen LogP) is 0.596. The summed E-state index contributed by atoms with van der Waals surface area (Å²) < 4.78 is 1.77. The normalized spacial score (nSPS) is 10.2. The van der Waals surface area contributed by atoms with Crippen LogP contribution in [0.4, 0.5) is 0 Å². The van der Waals surface area contributed by atoms with Crippen molar-refractivity contribution in [2.24, 2.45) is 0 Å². The molecule has 94 valence electrons. The molecular formula is C11H17N3O3. The van der Waals surface area contributed by atoms with Crippen LogP contribution in [0.5, 0.6) is 0 Å². The number of carbonyl (C=O) groups is 2. The number of carboxylic acids is 1. The highest BCUT2D eigenvalue weighted by Gasteiger charge is 2.09. The molecule has 0 radical (unpaired) electrons. The number of hydrogen-bond donors (Lipinski definition) is 1. The van der Waals surface area contributed by atoms with E-state index in [1.807, 2.05) is 12.3 Å². The van der Waals surface area contributed by atoms with E-state index in [1.165, 1.54) is 4.90 Å². The summed E-state index contributed by atoms with van der Waals surface area (Å²) >= 11 is 0. The topological polar surface area (TPSA) is 75.4 Å². The molecule has 0 fully saturated rings. The van der Waals surface area contributed by atoms with Crippen molar-refractivity contribution in [3.63, 3.8) is 0 Å². The number of amides is 1. The highest BCUT2D eigenvalue weighted by Crippen LogP contribution is 1.99. The van der Waals surface area contributed by atoms with Gasteiger partial charge in [-0.3, -0.25) is 14.3 Å². The molecule has 1 N–H and O–H groups in total. The average Bonchev–Trinajstić information content (AvgIpc) is 2.78. The number of carbonyl (C=O) groups excluding carboxylic acids is 1. The van der Waals surface area contributed by atoms with Gasteiger partial charge < -0.3 is 10.0 Å². The van der Waals surface area contributed by atoms with E-state index >= 15 is 0 Å². The smallest absolute Gasteiger partial charge is 0.305 e. The largest absolute Gasteiger partial charge is 0.481 e. The number of hydrogen-bond acceptors (Lipinski definition) is 3. The Morgan fingerprint density at radius 2 is 2.18 bits per heavy atom. The number of rotatable bonds is 7. The molecule has 0 spiro atoms. The first-order valence-corrected chi connectivity index (χ1v) is 5.53. The zero-order valence-electron chi connectivity index (χ0n) is 9.87. The van der Waals surface area contributed by atoms with Crippen molar-refractivity contribution in [2.75, 3.05) is 13.6 Å². The summed E-state index contributed by atoms with van der Waals surface area (Å²) in [5.74, 6) is -0.917. The van der Waals surface area contributed by atoms with Crippen molar-refractivity contribution in [1.82, 2.24) is 14.7 Å². The van der Waals surface area contributed by atoms with E-state index in [4.69, 9.17) is 5.11 Å². The van der Waals surface area contributed by atoms with Gasteiger partial charge in [-0.2, -0.15) is 5.10 Å². The Morgan fingerprint density at radius 1 is 1.41 bits per heavy atom. The summed E-state index contributed by atoms with van der Waals surface area (Å²) in [4.78, 5) is 23.4. The summed E-state index contributed by atoms with van der Waals surface area (Å²) in [6, 6.07) is 1.83. The lowest BCUT2D eigenvalue weighted by Crippen LogP contribution is -2.29. The Kier molecular flexibility index (Phi) is 5.19. The molecule has 0 aliphatic rings. The molecule has 0 aliphatic carbocycles. The molecular weight excluding hydrogens is 222 g/mol. The third kappa shape index (κ3) is 5.14. The van der Waals surface area contributed by atoms with Gasteiger partial charge in [0, 0.05) is 39.0 Å². The van der Waals surface area contributed by atoms with Crippen LogP contribution >= 0.6 is 0 Å². The van der Waals surface area contributed by atoms with E-state index in [9.17, 15) is 9.59 Å². The number of aliphatic carboxylic acids is 1. The Balaban J connectivity index is 2.17. The van der Waals surface area contributed by atoms with Crippen LogP contribution in [-0.4, -0.2) is 45.3 Å². The van der Waals surface area contributed by atoms with Gasteiger partial charge in [-0.25, -0.2) is 0 Å². The van der Waals surface area contributed by atoms with Crippen molar-refractivity contribution in [3.05, 3.63) is 18.5 Å².